The normalized spacial score (nSPS) is 15.7. The van der Waals surface area contributed by atoms with Crippen LogP contribution in [-0.4, -0.2) is 25.6 Å². The number of halogens is 1. The lowest BCUT2D eigenvalue weighted by Crippen LogP contribution is -2.34. The first-order valence-electron chi connectivity index (χ1n) is 9.12. The van der Waals surface area contributed by atoms with Crippen LogP contribution in [0, 0.1) is 5.82 Å². The lowest BCUT2D eigenvalue weighted by molar-refractivity contribution is -0.144. The number of methoxy groups -OCH3 is 1. The minimum absolute atomic E-state index is 0.0611. The van der Waals surface area contributed by atoms with E-state index < -0.39 is 11.8 Å². The van der Waals surface area contributed by atoms with Gasteiger partial charge in [0.25, 0.3) is 5.91 Å². The van der Waals surface area contributed by atoms with Crippen molar-refractivity contribution < 1.29 is 23.5 Å². The first kappa shape index (κ1) is 19.6. The van der Waals surface area contributed by atoms with Crippen LogP contribution in [0.1, 0.15) is 35.6 Å². The monoisotopic (exact) mass is 383 g/mol. The molecule has 0 radical (unpaired) electrons. The maximum Gasteiger partial charge on any atom is 0.331 e. The molecule has 1 aliphatic carbocycles. The second kappa shape index (κ2) is 9.17. The third-order valence-electron chi connectivity index (χ3n) is 4.64. The largest absolute Gasteiger partial charge is 0.494 e. The van der Waals surface area contributed by atoms with E-state index >= 15 is 0 Å². The zero-order chi connectivity index (χ0) is 19.9. The van der Waals surface area contributed by atoms with Crippen molar-refractivity contribution in [2.24, 2.45) is 0 Å². The van der Waals surface area contributed by atoms with E-state index in [1.54, 1.807) is 6.07 Å². The summed E-state index contributed by atoms with van der Waals surface area (Å²) in [5.41, 5.74) is 2.85. The van der Waals surface area contributed by atoms with Gasteiger partial charge in [-0.25, -0.2) is 9.18 Å². The van der Waals surface area contributed by atoms with Gasteiger partial charge in [0.2, 0.25) is 0 Å². The van der Waals surface area contributed by atoms with Crippen LogP contribution in [0.15, 0.2) is 48.5 Å². The fraction of sp³-hybridized carbons (Fsp3) is 0.273. The van der Waals surface area contributed by atoms with Gasteiger partial charge in [0.15, 0.2) is 18.2 Å². The molecule has 1 atom stereocenters. The molecule has 0 fully saturated rings. The number of hydrogen-bond acceptors (Lipinski definition) is 4. The van der Waals surface area contributed by atoms with Gasteiger partial charge in [-0.3, -0.25) is 4.79 Å². The number of nitrogens with one attached hydrogen (secondary N) is 1. The Morgan fingerprint density at radius 1 is 1.25 bits per heavy atom. The van der Waals surface area contributed by atoms with E-state index in [1.807, 2.05) is 18.2 Å². The molecule has 1 aliphatic rings. The topological polar surface area (TPSA) is 64.6 Å². The van der Waals surface area contributed by atoms with E-state index in [0.717, 1.165) is 30.9 Å². The summed E-state index contributed by atoms with van der Waals surface area (Å²) in [6.45, 7) is -0.362. The van der Waals surface area contributed by atoms with Crippen LogP contribution in [0.25, 0.3) is 6.08 Å². The first-order chi connectivity index (χ1) is 13.6. The van der Waals surface area contributed by atoms with Crippen molar-refractivity contribution in [1.82, 2.24) is 5.32 Å². The lowest BCUT2D eigenvalue weighted by atomic mass is 9.88. The summed E-state index contributed by atoms with van der Waals surface area (Å²) in [6, 6.07) is 12.3. The van der Waals surface area contributed by atoms with Crippen molar-refractivity contribution in [2.75, 3.05) is 13.7 Å². The highest BCUT2D eigenvalue weighted by molar-refractivity contribution is 5.89. The number of fused-ring (bicyclic) bond motifs is 1. The number of aryl methyl sites for hydroxylation is 1. The lowest BCUT2D eigenvalue weighted by Gasteiger charge is -2.26. The van der Waals surface area contributed by atoms with Gasteiger partial charge < -0.3 is 14.8 Å². The third kappa shape index (κ3) is 4.97. The highest BCUT2D eigenvalue weighted by Gasteiger charge is 2.21. The molecule has 5 nitrogen and oxygen atoms in total. The van der Waals surface area contributed by atoms with Gasteiger partial charge in [-0.1, -0.05) is 30.3 Å². The van der Waals surface area contributed by atoms with Gasteiger partial charge in [-0.2, -0.15) is 0 Å². The highest BCUT2D eigenvalue weighted by Crippen LogP contribution is 2.29. The molecule has 0 aliphatic heterocycles. The molecular formula is C22H22FNO4. The summed E-state index contributed by atoms with van der Waals surface area (Å²) in [4.78, 5) is 24.0. The number of carbonyl (C=O) groups excluding carboxylic acids is 2. The fourth-order valence-corrected chi connectivity index (χ4v) is 3.28. The minimum atomic E-state index is -0.671. The smallest absolute Gasteiger partial charge is 0.331 e. The van der Waals surface area contributed by atoms with Crippen molar-refractivity contribution in [3.63, 3.8) is 0 Å². The van der Waals surface area contributed by atoms with Crippen LogP contribution < -0.4 is 10.1 Å². The van der Waals surface area contributed by atoms with Crippen molar-refractivity contribution in [2.45, 2.75) is 25.3 Å². The van der Waals surface area contributed by atoms with E-state index in [9.17, 15) is 14.0 Å². The number of benzene rings is 2. The number of esters is 1. The van der Waals surface area contributed by atoms with Gasteiger partial charge in [0, 0.05) is 6.08 Å². The zero-order valence-corrected chi connectivity index (χ0v) is 15.6. The van der Waals surface area contributed by atoms with Crippen molar-refractivity contribution in [1.29, 1.82) is 0 Å². The molecule has 146 valence electrons. The van der Waals surface area contributed by atoms with E-state index in [2.05, 4.69) is 11.4 Å². The summed E-state index contributed by atoms with van der Waals surface area (Å²) >= 11 is 0. The molecule has 0 saturated heterocycles. The van der Waals surface area contributed by atoms with Gasteiger partial charge in [0.1, 0.15) is 0 Å². The van der Waals surface area contributed by atoms with E-state index in [4.69, 9.17) is 9.47 Å². The van der Waals surface area contributed by atoms with Crippen LogP contribution in [0.4, 0.5) is 4.39 Å². The van der Waals surface area contributed by atoms with Crippen LogP contribution in [-0.2, 0) is 20.7 Å². The van der Waals surface area contributed by atoms with Crippen LogP contribution in [0.3, 0.4) is 0 Å². The van der Waals surface area contributed by atoms with Crippen molar-refractivity contribution in [3.05, 3.63) is 71.0 Å². The second-order valence-electron chi connectivity index (χ2n) is 6.55. The van der Waals surface area contributed by atoms with Gasteiger partial charge in [-0.05, 0) is 54.2 Å². The molecule has 0 aromatic heterocycles. The molecule has 0 heterocycles. The van der Waals surface area contributed by atoms with Crippen molar-refractivity contribution >= 4 is 18.0 Å². The van der Waals surface area contributed by atoms with Crippen LogP contribution in [0.2, 0.25) is 0 Å². The summed E-state index contributed by atoms with van der Waals surface area (Å²) in [7, 11) is 1.38. The summed E-state index contributed by atoms with van der Waals surface area (Å²) < 4.78 is 23.4. The van der Waals surface area contributed by atoms with E-state index in [-0.39, 0.29) is 24.3 Å². The summed E-state index contributed by atoms with van der Waals surface area (Å²) in [5, 5.41) is 2.92. The number of carbonyl (C=O) groups is 2. The Balaban J connectivity index is 1.49. The molecule has 0 spiro atoms. The average Bonchev–Trinajstić information content (AvgIpc) is 2.71. The molecule has 2 aromatic rings. The van der Waals surface area contributed by atoms with Gasteiger partial charge in [-0.15, -0.1) is 0 Å². The Bertz CT molecular complexity index is 894. The molecule has 28 heavy (non-hydrogen) atoms. The molecule has 3 rings (SSSR count). The Kier molecular flexibility index (Phi) is 6.42. The van der Waals surface area contributed by atoms with Gasteiger partial charge in [0.05, 0.1) is 13.2 Å². The molecule has 0 unspecified atom stereocenters. The molecule has 0 bridgehead atoms. The molecule has 1 N–H and O–H groups in total. The molecular weight excluding hydrogens is 361 g/mol. The van der Waals surface area contributed by atoms with Crippen molar-refractivity contribution in [3.8, 4) is 5.75 Å². The average molecular weight is 383 g/mol. The van der Waals surface area contributed by atoms with Crippen LogP contribution >= 0.6 is 0 Å². The molecule has 0 saturated carbocycles. The Morgan fingerprint density at radius 2 is 2.07 bits per heavy atom. The quantitative estimate of drug-likeness (QED) is 0.612. The Labute approximate surface area is 163 Å². The molecule has 2 aromatic carbocycles. The Hall–Kier alpha value is -3.15. The van der Waals surface area contributed by atoms with E-state index in [1.165, 1.54) is 30.9 Å². The highest BCUT2D eigenvalue weighted by atomic mass is 19.1. The molecule has 1 amide bonds. The third-order valence-corrected chi connectivity index (χ3v) is 4.64. The zero-order valence-electron chi connectivity index (χ0n) is 15.6. The summed E-state index contributed by atoms with van der Waals surface area (Å²) in [6.07, 6.45) is 5.45. The Morgan fingerprint density at radius 3 is 2.86 bits per heavy atom. The fourth-order valence-electron chi connectivity index (χ4n) is 3.28. The number of hydrogen-bond donors (Lipinski definition) is 1. The maximum absolute atomic E-state index is 13.6. The molecule has 6 heteroatoms. The predicted octanol–water partition coefficient (Wildman–Crippen LogP) is 3.58. The SMILES string of the molecule is COc1ccc(/C=C/C(=O)OCC(=O)N[C@H]2CCCc3ccccc32)cc1F. The first-order valence-corrected chi connectivity index (χ1v) is 9.12. The van der Waals surface area contributed by atoms with E-state index in [0.29, 0.717) is 5.56 Å². The van der Waals surface area contributed by atoms with Crippen LogP contribution in [0.5, 0.6) is 5.75 Å². The second-order valence-corrected chi connectivity index (χ2v) is 6.55. The summed E-state index contributed by atoms with van der Waals surface area (Å²) in [5.74, 6) is -1.42. The number of ether oxygens (including phenoxy) is 2. The minimum Gasteiger partial charge on any atom is -0.494 e. The standard InChI is InChI=1S/C22H22FNO4/c1-27-20-11-9-15(13-18(20)23)10-12-22(26)28-14-21(25)24-19-8-4-6-16-5-2-3-7-17(16)19/h2-3,5,7,9-13,19H,4,6,8,14H2,1H3,(H,24,25)/b12-10+/t19-/m0/s1. The predicted molar refractivity (Wildman–Crippen MR) is 103 cm³/mol. The maximum atomic E-state index is 13.6. The number of amides is 1. The van der Waals surface area contributed by atoms with Gasteiger partial charge >= 0.3 is 5.97 Å². The number of rotatable bonds is 6.